The summed E-state index contributed by atoms with van der Waals surface area (Å²) in [5.74, 6) is -2.10. The first-order chi connectivity index (χ1) is 31.4. The molecule has 10 rings (SSSR count). The number of aryl methyl sites for hydroxylation is 2. The number of anilines is 1. The second-order valence-electron chi connectivity index (χ2n) is 19.5. The number of aromatic nitrogens is 3. The van der Waals surface area contributed by atoms with Crippen LogP contribution < -0.4 is 15.6 Å². The number of rotatable bonds is 7. The number of hydrazine groups is 1. The molecule has 13 nitrogen and oxygen atoms in total. The number of amides is 2. The molecule has 65 heavy (non-hydrogen) atoms. The number of piperazine rings is 1. The van der Waals surface area contributed by atoms with Gasteiger partial charge in [0.15, 0.2) is 0 Å². The van der Waals surface area contributed by atoms with E-state index in [9.17, 15) is 18.8 Å². The minimum Gasteiger partial charge on any atom is -0.464 e. The van der Waals surface area contributed by atoms with Gasteiger partial charge in [-0.1, -0.05) is 32.0 Å². The predicted molar refractivity (Wildman–Crippen MR) is 249 cm³/mol. The number of nitrogens with one attached hydrogen (secondary N) is 2. The Hall–Kier alpha value is -5.22. The number of fused-ring (bicyclic) bond motifs is 6. The third kappa shape index (κ3) is 8.56. The highest BCUT2D eigenvalue weighted by atomic mass is 32.1. The van der Waals surface area contributed by atoms with Crippen molar-refractivity contribution in [1.82, 2.24) is 35.2 Å². The van der Waals surface area contributed by atoms with E-state index in [0.717, 1.165) is 84.8 Å². The maximum Gasteiger partial charge on any atom is 0.324 e. The lowest BCUT2D eigenvalue weighted by Crippen LogP contribution is -2.60. The Morgan fingerprint density at radius 1 is 1.08 bits per heavy atom. The van der Waals surface area contributed by atoms with Crippen LogP contribution in [0.4, 0.5) is 10.1 Å². The van der Waals surface area contributed by atoms with Crippen LogP contribution in [0.3, 0.4) is 0 Å². The molecular weight excluding hydrogens is 844 g/mol. The van der Waals surface area contributed by atoms with E-state index in [4.69, 9.17) is 19.4 Å². The minimum absolute atomic E-state index is 0.159. The maximum absolute atomic E-state index is 14.7. The number of likely N-dealkylation sites (N-methyl/N-ethyl adjacent to an activating group) is 1. The number of hydrogen-bond acceptors (Lipinski definition) is 11. The van der Waals surface area contributed by atoms with Crippen molar-refractivity contribution in [2.24, 2.45) is 11.3 Å². The van der Waals surface area contributed by atoms with Gasteiger partial charge >= 0.3 is 5.97 Å². The van der Waals surface area contributed by atoms with Crippen LogP contribution in [0.2, 0.25) is 0 Å². The first-order valence-electron chi connectivity index (χ1n) is 23.2. The Labute approximate surface area is 383 Å². The van der Waals surface area contributed by atoms with Crippen LogP contribution in [-0.4, -0.2) is 108 Å². The fourth-order valence-corrected chi connectivity index (χ4v) is 11.3. The average Bonchev–Trinajstić information content (AvgIpc) is 3.87. The highest BCUT2D eigenvalue weighted by Crippen LogP contribution is 2.49. The number of esters is 1. The summed E-state index contributed by atoms with van der Waals surface area (Å²) in [6.45, 7) is 11.5. The number of carbonyl (C=O) groups is 3. The lowest BCUT2D eigenvalue weighted by atomic mass is 9.84. The van der Waals surface area contributed by atoms with Gasteiger partial charge in [-0.05, 0) is 99.4 Å². The minimum atomic E-state index is -0.964. The van der Waals surface area contributed by atoms with Gasteiger partial charge in [0.25, 0.3) is 5.91 Å². The molecule has 1 aliphatic carbocycles. The van der Waals surface area contributed by atoms with E-state index in [-0.39, 0.29) is 42.7 Å². The molecule has 7 heterocycles. The molecule has 2 N–H and O–H groups in total. The summed E-state index contributed by atoms with van der Waals surface area (Å²) in [7, 11) is 3.90. The van der Waals surface area contributed by atoms with Crippen molar-refractivity contribution < 1.29 is 28.2 Å². The summed E-state index contributed by atoms with van der Waals surface area (Å²) in [5.41, 5.74) is 12.8. The number of hydrogen-bond donors (Lipinski definition) is 2. The zero-order valence-corrected chi connectivity index (χ0v) is 38.8. The van der Waals surface area contributed by atoms with Gasteiger partial charge in [-0.25, -0.2) is 14.8 Å². The number of nitrogens with zero attached hydrogens (tertiary/aromatic N) is 6. The molecule has 2 saturated heterocycles. The van der Waals surface area contributed by atoms with E-state index in [2.05, 4.69) is 71.1 Å². The van der Waals surface area contributed by atoms with Crippen LogP contribution in [0.5, 0.6) is 0 Å². The predicted octanol–water partition coefficient (Wildman–Crippen LogP) is 6.82. The zero-order valence-electron chi connectivity index (χ0n) is 38.0. The molecule has 3 fully saturated rings. The summed E-state index contributed by atoms with van der Waals surface area (Å²) in [6, 6.07) is 11.7. The van der Waals surface area contributed by atoms with E-state index >= 15 is 0 Å². The van der Waals surface area contributed by atoms with Gasteiger partial charge in [-0.3, -0.25) is 24.4 Å². The number of benzene rings is 2. The lowest BCUT2D eigenvalue weighted by Gasteiger charge is -2.35. The molecule has 4 aliphatic heterocycles. The largest absolute Gasteiger partial charge is 0.464 e. The number of ether oxygens (including phenoxy) is 2. The zero-order chi connectivity index (χ0) is 45.1. The Balaban J connectivity index is 1.07. The first kappa shape index (κ1) is 43.7. The number of methoxy groups -OCH3 is 1. The summed E-state index contributed by atoms with van der Waals surface area (Å²) >= 11 is 1.47. The molecular formula is C50H59FN8O5S. The van der Waals surface area contributed by atoms with Gasteiger partial charge < -0.3 is 29.2 Å². The Morgan fingerprint density at radius 2 is 1.89 bits per heavy atom. The van der Waals surface area contributed by atoms with Crippen LogP contribution in [0, 0.1) is 17.2 Å². The Morgan fingerprint density at radius 3 is 2.69 bits per heavy atom. The second kappa shape index (κ2) is 17.5. The van der Waals surface area contributed by atoms with Gasteiger partial charge in [-0.15, -0.1) is 11.3 Å². The van der Waals surface area contributed by atoms with E-state index < -0.39 is 29.4 Å². The van der Waals surface area contributed by atoms with Crippen LogP contribution in [0.15, 0.2) is 54.0 Å². The van der Waals surface area contributed by atoms with Crippen molar-refractivity contribution in [3.05, 3.63) is 87.3 Å². The second-order valence-corrected chi connectivity index (χ2v) is 20.5. The van der Waals surface area contributed by atoms with Crippen molar-refractivity contribution in [3.63, 3.8) is 0 Å². The van der Waals surface area contributed by atoms with Crippen LogP contribution in [-0.2, 0) is 49.7 Å². The van der Waals surface area contributed by atoms with Crippen molar-refractivity contribution in [2.45, 2.75) is 96.4 Å². The van der Waals surface area contributed by atoms with E-state index in [1.807, 2.05) is 11.6 Å². The van der Waals surface area contributed by atoms with Gasteiger partial charge in [0.2, 0.25) is 5.91 Å². The highest BCUT2D eigenvalue weighted by Gasteiger charge is 2.46. The van der Waals surface area contributed by atoms with Gasteiger partial charge in [-0.2, -0.15) is 0 Å². The molecule has 5 aromatic rings. The molecule has 6 bridgehead atoms. The summed E-state index contributed by atoms with van der Waals surface area (Å²) in [5, 5.41) is 8.39. The standard InChI is InChI=1S/C50H59FN8O5S/c1-29(63-5)44-37(22-32(26-52-44)57-18-16-56(4)17-19-57)46-38-25-50(2,3)28-64-49(62)40-13-9-15-59(55-40)48(61)41(54-47(60)36-23-34(36)33-11-6-7-12-39(33)51)24-43-53-42(27-65-43)31-20-30-10-8-14-58(46)45(30)35(38)21-31/h6-7,11-12,20-22,26-27,29,34,36,40-41,55H,8-10,13-19,23-25,28H2,1-5H3,(H,54,60)/t29-,34-,36+,40-,41-/m0/s1. The van der Waals surface area contributed by atoms with Crippen molar-refractivity contribution in [3.8, 4) is 22.5 Å². The third-order valence-electron chi connectivity index (χ3n) is 14.2. The molecule has 2 aromatic carbocycles. The van der Waals surface area contributed by atoms with Gasteiger partial charge in [0, 0.05) is 86.0 Å². The van der Waals surface area contributed by atoms with Crippen LogP contribution in [0.25, 0.3) is 33.4 Å². The summed E-state index contributed by atoms with van der Waals surface area (Å²) < 4.78 is 29.4. The third-order valence-corrected chi connectivity index (χ3v) is 15.1. The molecule has 342 valence electrons. The number of cyclic esters (lactones) is 1. The molecule has 3 aromatic heterocycles. The topological polar surface area (TPSA) is 134 Å². The fourth-order valence-electron chi connectivity index (χ4n) is 10.4. The molecule has 2 amide bonds. The Bertz CT molecular complexity index is 2650. The van der Waals surface area contributed by atoms with Gasteiger partial charge in [0.1, 0.15) is 17.9 Å². The lowest BCUT2D eigenvalue weighted by molar-refractivity contribution is -0.155. The summed E-state index contributed by atoms with van der Waals surface area (Å²) in [4.78, 5) is 57.4. The van der Waals surface area contributed by atoms with Crippen molar-refractivity contribution in [1.29, 1.82) is 0 Å². The van der Waals surface area contributed by atoms with Gasteiger partial charge in [0.05, 0.1) is 52.2 Å². The monoisotopic (exact) mass is 902 g/mol. The molecule has 5 aliphatic rings. The van der Waals surface area contributed by atoms with Crippen molar-refractivity contribution >= 4 is 45.7 Å². The quantitative estimate of drug-likeness (QED) is 0.168. The average molecular weight is 903 g/mol. The summed E-state index contributed by atoms with van der Waals surface area (Å²) in [6.07, 6.45) is 5.97. The molecule has 0 unspecified atom stereocenters. The van der Waals surface area contributed by atoms with Crippen LogP contribution >= 0.6 is 11.3 Å². The smallest absolute Gasteiger partial charge is 0.324 e. The highest BCUT2D eigenvalue weighted by molar-refractivity contribution is 7.10. The number of carbonyl (C=O) groups excluding carboxylic acids is 3. The SMILES string of the molecule is CO[C@@H](C)c1ncc(N2CCN(C)CC2)cc1-c1c2c3cc(cc4c3n1CCC4)-c1csc(n1)C[C@H](NC(=O)[C@@H]1C[C@H]1c1ccccc1F)C(=O)N1CCC[C@H](N1)C(=O)OCC(C)(C)C2. The molecule has 15 heteroatoms. The molecule has 5 atom stereocenters. The molecule has 0 spiro atoms. The normalized spacial score (nSPS) is 24.1. The number of thiazole rings is 1. The van der Waals surface area contributed by atoms with Crippen molar-refractivity contribution in [2.75, 3.05) is 58.4 Å². The Kier molecular flexibility index (Phi) is 11.8. The van der Waals surface area contributed by atoms with E-state index in [1.54, 1.807) is 25.3 Å². The van der Waals surface area contributed by atoms with E-state index in [0.29, 0.717) is 42.8 Å². The fraction of sp³-hybridized carbons (Fsp3) is 0.500. The molecule has 0 radical (unpaired) electrons. The van der Waals surface area contributed by atoms with E-state index in [1.165, 1.54) is 39.1 Å². The molecule has 1 saturated carbocycles. The maximum atomic E-state index is 14.7. The number of halogens is 1. The van der Waals surface area contributed by atoms with Crippen LogP contribution in [0.1, 0.15) is 85.9 Å². The first-order valence-corrected chi connectivity index (χ1v) is 24.1. The number of pyridine rings is 1.